The summed E-state index contributed by atoms with van der Waals surface area (Å²) in [4.78, 5) is 26.9. The number of rotatable bonds is 3. The van der Waals surface area contributed by atoms with E-state index >= 15 is 0 Å². The van der Waals surface area contributed by atoms with Crippen LogP contribution in [0.4, 0.5) is 10.6 Å². The molecular formula is C23H27N5O2. The molecule has 1 amide bonds. The number of nitrogens with zero attached hydrogens (tertiary/aromatic N) is 4. The van der Waals surface area contributed by atoms with Gasteiger partial charge < -0.3 is 15.3 Å². The van der Waals surface area contributed by atoms with Crippen molar-refractivity contribution in [3.8, 4) is 11.4 Å². The molecule has 1 aliphatic heterocycles. The lowest BCUT2D eigenvalue weighted by Crippen LogP contribution is -2.54. The Morgan fingerprint density at radius 3 is 2.57 bits per heavy atom. The van der Waals surface area contributed by atoms with Gasteiger partial charge >= 0.3 is 6.09 Å². The second-order valence-corrected chi connectivity index (χ2v) is 8.87. The summed E-state index contributed by atoms with van der Waals surface area (Å²) in [5, 5.41) is 14.2. The van der Waals surface area contributed by atoms with Gasteiger partial charge in [0.2, 0.25) is 0 Å². The first-order valence-corrected chi connectivity index (χ1v) is 10.3. The molecule has 1 saturated heterocycles. The maximum Gasteiger partial charge on any atom is 0.407 e. The van der Waals surface area contributed by atoms with Crippen molar-refractivity contribution < 1.29 is 9.90 Å². The molecule has 0 saturated carbocycles. The quantitative estimate of drug-likeness (QED) is 0.658. The monoisotopic (exact) mass is 405 g/mol. The Hall–Kier alpha value is -3.22. The molecule has 2 N–H and O–H groups in total. The van der Waals surface area contributed by atoms with Gasteiger partial charge in [-0.05, 0) is 42.5 Å². The first-order chi connectivity index (χ1) is 14.3. The van der Waals surface area contributed by atoms with Crippen LogP contribution in [0, 0.1) is 5.41 Å². The highest BCUT2D eigenvalue weighted by molar-refractivity contribution is 5.90. The van der Waals surface area contributed by atoms with E-state index in [4.69, 9.17) is 9.97 Å². The van der Waals surface area contributed by atoms with Crippen LogP contribution < -0.4 is 5.32 Å². The zero-order valence-corrected chi connectivity index (χ0v) is 17.5. The highest BCUT2D eigenvalue weighted by Gasteiger charge is 2.38. The summed E-state index contributed by atoms with van der Waals surface area (Å²) >= 11 is 0. The summed E-state index contributed by atoms with van der Waals surface area (Å²) < 4.78 is 0. The number of likely N-dealkylation sites (tertiary alicyclic amines) is 1. The molecule has 2 aromatic heterocycles. The maximum absolute atomic E-state index is 11.7. The molecule has 3 aromatic rings. The lowest BCUT2D eigenvalue weighted by Gasteiger charge is -2.44. The van der Waals surface area contributed by atoms with Crippen molar-refractivity contribution in [1.82, 2.24) is 19.9 Å². The number of piperidine rings is 1. The third-order valence-electron chi connectivity index (χ3n) is 5.73. The molecule has 0 spiro atoms. The van der Waals surface area contributed by atoms with Gasteiger partial charge in [0, 0.05) is 42.0 Å². The van der Waals surface area contributed by atoms with Crippen LogP contribution in [0.15, 0.2) is 48.8 Å². The van der Waals surface area contributed by atoms with E-state index in [1.165, 1.54) is 0 Å². The van der Waals surface area contributed by atoms with Crippen LogP contribution in [0.3, 0.4) is 0 Å². The molecule has 7 heteroatoms. The van der Waals surface area contributed by atoms with Crippen LogP contribution in [0.1, 0.15) is 33.6 Å². The number of aromatic nitrogens is 3. The Morgan fingerprint density at radius 1 is 1.13 bits per heavy atom. The number of hydrogen-bond donors (Lipinski definition) is 2. The number of nitrogens with one attached hydrogen (secondary N) is 1. The molecule has 2 unspecified atom stereocenters. The predicted molar refractivity (Wildman–Crippen MR) is 117 cm³/mol. The average molecular weight is 406 g/mol. The van der Waals surface area contributed by atoms with Crippen LogP contribution in [0.2, 0.25) is 0 Å². The Morgan fingerprint density at radius 2 is 1.87 bits per heavy atom. The molecule has 7 nitrogen and oxygen atoms in total. The number of amides is 1. The van der Waals surface area contributed by atoms with Gasteiger partial charge in [0.15, 0.2) is 5.82 Å². The first-order valence-electron chi connectivity index (χ1n) is 10.3. The van der Waals surface area contributed by atoms with Crippen LogP contribution in [0.5, 0.6) is 0 Å². The number of hydrogen-bond acceptors (Lipinski definition) is 5. The smallest absolute Gasteiger partial charge is 0.407 e. The van der Waals surface area contributed by atoms with E-state index in [9.17, 15) is 9.90 Å². The Bertz CT molecular complexity index is 1050. The molecule has 3 heterocycles. The third-order valence-corrected chi connectivity index (χ3v) is 5.73. The fourth-order valence-corrected chi connectivity index (χ4v) is 4.16. The molecule has 1 fully saturated rings. The number of benzene rings is 1. The van der Waals surface area contributed by atoms with Crippen LogP contribution in [0.25, 0.3) is 22.3 Å². The number of carboxylic acid groups (broad SMARTS) is 1. The second kappa shape index (κ2) is 7.89. The van der Waals surface area contributed by atoms with E-state index in [1.807, 2.05) is 36.4 Å². The predicted octanol–water partition coefficient (Wildman–Crippen LogP) is 4.66. The molecule has 2 atom stereocenters. The Balaban J connectivity index is 1.67. The maximum atomic E-state index is 11.7. The molecule has 30 heavy (non-hydrogen) atoms. The second-order valence-electron chi connectivity index (χ2n) is 8.87. The van der Waals surface area contributed by atoms with Crippen molar-refractivity contribution in [3.63, 3.8) is 0 Å². The Labute approximate surface area is 176 Å². The first kappa shape index (κ1) is 20.1. The highest BCUT2D eigenvalue weighted by atomic mass is 16.4. The van der Waals surface area contributed by atoms with E-state index in [0.29, 0.717) is 12.4 Å². The lowest BCUT2D eigenvalue weighted by atomic mass is 9.79. The van der Waals surface area contributed by atoms with Crippen molar-refractivity contribution in [2.24, 2.45) is 5.41 Å². The fourth-order valence-electron chi connectivity index (χ4n) is 4.16. The van der Waals surface area contributed by atoms with E-state index in [-0.39, 0.29) is 17.5 Å². The number of para-hydroxylation sites is 1. The van der Waals surface area contributed by atoms with E-state index in [1.54, 1.807) is 17.3 Å². The molecule has 156 valence electrons. The summed E-state index contributed by atoms with van der Waals surface area (Å²) in [6.45, 7) is 6.79. The van der Waals surface area contributed by atoms with Gasteiger partial charge in [-0.3, -0.25) is 4.98 Å². The van der Waals surface area contributed by atoms with E-state index in [0.717, 1.165) is 35.1 Å². The molecule has 0 aliphatic carbocycles. The topological polar surface area (TPSA) is 91.2 Å². The standard InChI is InChI=1S/C23H27N5O2/c1-23(2,3)19-14-16(10-13-28(19)22(29)30)25-21-17-6-4-5-7-18(17)26-20(27-21)15-8-11-24-12-9-15/h4-9,11-12,16,19H,10,13-14H2,1-3H3,(H,29,30)(H,25,26,27). The van der Waals surface area contributed by atoms with Gasteiger partial charge in [-0.1, -0.05) is 32.9 Å². The summed E-state index contributed by atoms with van der Waals surface area (Å²) in [6, 6.07) is 11.8. The number of carbonyl (C=O) groups is 1. The largest absolute Gasteiger partial charge is 0.465 e. The number of anilines is 1. The zero-order valence-electron chi connectivity index (χ0n) is 17.5. The molecule has 1 aromatic carbocycles. The molecule has 4 rings (SSSR count). The SMILES string of the molecule is CC(C)(C)C1CC(Nc2nc(-c3ccncc3)nc3ccccc23)CCN1C(=O)O. The van der Waals surface area contributed by atoms with Crippen LogP contribution in [-0.2, 0) is 0 Å². The summed E-state index contributed by atoms with van der Waals surface area (Å²) in [5.41, 5.74) is 1.64. The van der Waals surface area contributed by atoms with Gasteiger partial charge in [0.25, 0.3) is 0 Å². The zero-order chi connectivity index (χ0) is 21.3. The number of pyridine rings is 1. The molecule has 1 aliphatic rings. The normalized spacial score (nSPS) is 19.6. The number of fused-ring (bicyclic) bond motifs is 1. The van der Waals surface area contributed by atoms with Gasteiger partial charge in [-0.15, -0.1) is 0 Å². The van der Waals surface area contributed by atoms with Crippen molar-refractivity contribution in [2.45, 2.75) is 45.7 Å². The summed E-state index contributed by atoms with van der Waals surface area (Å²) in [5.74, 6) is 1.43. The minimum atomic E-state index is -0.846. The van der Waals surface area contributed by atoms with Crippen molar-refractivity contribution in [3.05, 3.63) is 48.8 Å². The van der Waals surface area contributed by atoms with Crippen LogP contribution in [-0.4, -0.2) is 49.7 Å². The van der Waals surface area contributed by atoms with Crippen molar-refractivity contribution in [1.29, 1.82) is 0 Å². The molecule has 0 bridgehead atoms. The Kier molecular flexibility index (Phi) is 5.28. The van der Waals surface area contributed by atoms with Gasteiger partial charge in [-0.2, -0.15) is 0 Å². The van der Waals surface area contributed by atoms with E-state index in [2.05, 4.69) is 31.1 Å². The lowest BCUT2D eigenvalue weighted by molar-refractivity contribution is 0.0557. The fraction of sp³-hybridized carbons (Fsp3) is 0.391. The van der Waals surface area contributed by atoms with Gasteiger partial charge in [0.05, 0.1) is 5.52 Å². The van der Waals surface area contributed by atoms with Gasteiger partial charge in [-0.25, -0.2) is 14.8 Å². The minimum Gasteiger partial charge on any atom is -0.465 e. The van der Waals surface area contributed by atoms with Crippen molar-refractivity contribution in [2.75, 3.05) is 11.9 Å². The van der Waals surface area contributed by atoms with Gasteiger partial charge in [0.1, 0.15) is 5.82 Å². The summed E-state index contributed by atoms with van der Waals surface area (Å²) in [6.07, 6.45) is 4.09. The van der Waals surface area contributed by atoms with Crippen LogP contribution >= 0.6 is 0 Å². The highest BCUT2D eigenvalue weighted by Crippen LogP contribution is 2.34. The van der Waals surface area contributed by atoms with Crippen molar-refractivity contribution >= 4 is 22.8 Å². The molecular weight excluding hydrogens is 378 g/mol. The summed E-state index contributed by atoms with van der Waals surface area (Å²) in [7, 11) is 0. The minimum absolute atomic E-state index is 0.0611. The third kappa shape index (κ3) is 4.06. The average Bonchev–Trinajstić information content (AvgIpc) is 2.73. The molecule has 0 radical (unpaired) electrons. The van der Waals surface area contributed by atoms with E-state index < -0.39 is 6.09 Å².